The standard InChI is InChI=1S/C16H14Cl2N2O2/c1-11-8-14(18)6-7-15(11)22-10-16(21)20-19-9-12-2-4-13(17)5-3-12/h2-9H,10H2,1H3,(H,20,21)/b19-9+. The molecule has 4 nitrogen and oxygen atoms in total. The van der Waals surface area contributed by atoms with Crippen molar-refractivity contribution in [2.45, 2.75) is 6.92 Å². The van der Waals surface area contributed by atoms with Gasteiger partial charge in [0.2, 0.25) is 0 Å². The summed E-state index contributed by atoms with van der Waals surface area (Å²) in [7, 11) is 0. The average molecular weight is 337 g/mol. The second kappa shape index (κ2) is 7.82. The molecule has 0 heterocycles. The number of amides is 1. The molecule has 0 aromatic heterocycles. The van der Waals surface area contributed by atoms with Gasteiger partial charge in [-0.2, -0.15) is 5.10 Å². The molecule has 6 heteroatoms. The van der Waals surface area contributed by atoms with Crippen LogP contribution in [-0.4, -0.2) is 18.7 Å². The van der Waals surface area contributed by atoms with Crippen LogP contribution in [-0.2, 0) is 4.79 Å². The number of carbonyl (C=O) groups excluding carboxylic acids is 1. The van der Waals surface area contributed by atoms with Crippen molar-refractivity contribution < 1.29 is 9.53 Å². The van der Waals surface area contributed by atoms with E-state index >= 15 is 0 Å². The third-order valence-corrected chi connectivity index (χ3v) is 3.26. The summed E-state index contributed by atoms with van der Waals surface area (Å²) in [4.78, 5) is 11.6. The van der Waals surface area contributed by atoms with Crippen molar-refractivity contribution in [2.75, 3.05) is 6.61 Å². The van der Waals surface area contributed by atoms with Crippen molar-refractivity contribution in [1.82, 2.24) is 5.43 Å². The Morgan fingerprint density at radius 1 is 1.18 bits per heavy atom. The molecular formula is C16H14Cl2N2O2. The quantitative estimate of drug-likeness (QED) is 0.666. The molecule has 114 valence electrons. The number of benzene rings is 2. The molecule has 0 aliphatic heterocycles. The minimum Gasteiger partial charge on any atom is -0.483 e. The first kappa shape index (κ1) is 16.3. The van der Waals surface area contributed by atoms with E-state index in [-0.39, 0.29) is 12.5 Å². The predicted molar refractivity (Wildman–Crippen MR) is 88.9 cm³/mol. The van der Waals surface area contributed by atoms with Gasteiger partial charge in [-0.3, -0.25) is 4.79 Å². The van der Waals surface area contributed by atoms with E-state index in [4.69, 9.17) is 27.9 Å². The smallest absolute Gasteiger partial charge is 0.277 e. The van der Waals surface area contributed by atoms with Crippen molar-refractivity contribution >= 4 is 35.3 Å². The summed E-state index contributed by atoms with van der Waals surface area (Å²) in [5.41, 5.74) is 4.09. The summed E-state index contributed by atoms with van der Waals surface area (Å²) in [6.45, 7) is 1.73. The van der Waals surface area contributed by atoms with E-state index < -0.39 is 0 Å². The van der Waals surface area contributed by atoms with Crippen LogP contribution < -0.4 is 10.2 Å². The van der Waals surface area contributed by atoms with Crippen LogP contribution >= 0.6 is 23.2 Å². The molecule has 0 aliphatic carbocycles. The van der Waals surface area contributed by atoms with Crippen LogP contribution in [0.3, 0.4) is 0 Å². The van der Waals surface area contributed by atoms with Crippen LogP contribution in [0.25, 0.3) is 0 Å². The lowest BCUT2D eigenvalue weighted by molar-refractivity contribution is -0.123. The Morgan fingerprint density at radius 3 is 2.55 bits per heavy atom. The van der Waals surface area contributed by atoms with Gasteiger partial charge in [-0.1, -0.05) is 35.3 Å². The molecule has 1 N–H and O–H groups in total. The first-order chi connectivity index (χ1) is 10.5. The summed E-state index contributed by atoms with van der Waals surface area (Å²) in [6, 6.07) is 12.3. The van der Waals surface area contributed by atoms with Gasteiger partial charge in [0.05, 0.1) is 6.21 Å². The van der Waals surface area contributed by atoms with E-state index in [0.717, 1.165) is 11.1 Å². The fourth-order valence-electron chi connectivity index (χ4n) is 1.68. The summed E-state index contributed by atoms with van der Waals surface area (Å²) >= 11 is 11.6. The van der Waals surface area contributed by atoms with Gasteiger partial charge in [0.15, 0.2) is 6.61 Å². The van der Waals surface area contributed by atoms with Crippen LogP contribution in [0, 0.1) is 6.92 Å². The van der Waals surface area contributed by atoms with Gasteiger partial charge >= 0.3 is 0 Å². The Hall–Kier alpha value is -2.04. The molecule has 2 aromatic carbocycles. The maximum atomic E-state index is 11.6. The van der Waals surface area contributed by atoms with E-state index in [1.165, 1.54) is 6.21 Å². The zero-order chi connectivity index (χ0) is 15.9. The minimum absolute atomic E-state index is 0.125. The van der Waals surface area contributed by atoms with Gasteiger partial charge < -0.3 is 4.74 Å². The number of hydrogen-bond donors (Lipinski definition) is 1. The van der Waals surface area contributed by atoms with Gasteiger partial charge in [-0.25, -0.2) is 5.43 Å². The van der Waals surface area contributed by atoms with E-state index in [0.29, 0.717) is 15.8 Å². The van der Waals surface area contributed by atoms with Crippen LogP contribution in [0.1, 0.15) is 11.1 Å². The summed E-state index contributed by atoms with van der Waals surface area (Å²) in [6.07, 6.45) is 1.53. The van der Waals surface area contributed by atoms with Crippen molar-refractivity contribution in [1.29, 1.82) is 0 Å². The molecule has 22 heavy (non-hydrogen) atoms. The Bertz CT molecular complexity index is 685. The van der Waals surface area contributed by atoms with Crippen LogP contribution in [0.4, 0.5) is 0 Å². The highest BCUT2D eigenvalue weighted by atomic mass is 35.5. The van der Waals surface area contributed by atoms with E-state index in [9.17, 15) is 4.79 Å². The molecule has 2 aromatic rings. The van der Waals surface area contributed by atoms with Gasteiger partial charge in [0.25, 0.3) is 5.91 Å². The summed E-state index contributed by atoms with van der Waals surface area (Å²) in [5.74, 6) is 0.265. The van der Waals surface area contributed by atoms with Crippen molar-refractivity contribution in [2.24, 2.45) is 5.10 Å². The summed E-state index contributed by atoms with van der Waals surface area (Å²) in [5, 5.41) is 5.12. The molecule has 0 spiro atoms. The molecule has 0 atom stereocenters. The second-order valence-electron chi connectivity index (χ2n) is 4.54. The highest BCUT2D eigenvalue weighted by molar-refractivity contribution is 6.30. The van der Waals surface area contributed by atoms with Gasteiger partial charge in [0, 0.05) is 10.0 Å². The lowest BCUT2D eigenvalue weighted by atomic mass is 10.2. The Balaban J connectivity index is 1.81. The molecule has 2 rings (SSSR count). The predicted octanol–water partition coefficient (Wildman–Crippen LogP) is 3.83. The van der Waals surface area contributed by atoms with E-state index in [1.54, 1.807) is 42.5 Å². The molecule has 0 bridgehead atoms. The molecule has 0 fully saturated rings. The van der Waals surface area contributed by atoms with Gasteiger partial charge in [-0.05, 0) is 48.4 Å². The highest BCUT2D eigenvalue weighted by Gasteiger charge is 2.04. The third kappa shape index (κ3) is 5.06. The molecule has 0 aliphatic rings. The molecule has 0 unspecified atom stereocenters. The summed E-state index contributed by atoms with van der Waals surface area (Å²) < 4.78 is 5.41. The van der Waals surface area contributed by atoms with Crippen molar-refractivity contribution in [3.8, 4) is 5.75 Å². The Kier molecular flexibility index (Phi) is 5.81. The van der Waals surface area contributed by atoms with Gasteiger partial charge in [-0.15, -0.1) is 0 Å². The van der Waals surface area contributed by atoms with Gasteiger partial charge in [0.1, 0.15) is 5.75 Å². The normalized spacial score (nSPS) is 10.7. The van der Waals surface area contributed by atoms with Crippen LogP contribution in [0.15, 0.2) is 47.6 Å². The fraction of sp³-hybridized carbons (Fsp3) is 0.125. The molecule has 0 radical (unpaired) electrons. The number of carbonyl (C=O) groups is 1. The number of nitrogens with zero attached hydrogens (tertiary/aromatic N) is 1. The molecule has 0 saturated heterocycles. The Morgan fingerprint density at radius 2 is 1.86 bits per heavy atom. The molecular weight excluding hydrogens is 323 g/mol. The average Bonchev–Trinajstić information content (AvgIpc) is 2.48. The van der Waals surface area contributed by atoms with Crippen molar-refractivity contribution in [3.63, 3.8) is 0 Å². The number of hydrogen-bond acceptors (Lipinski definition) is 3. The fourth-order valence-corrected chi connectivity index (χ4v) is 2.03. The number of hydrazone groups is 1. The zero-order valence-electron chi connectivity index (χ0n) is 11.8. The van der Waals surface area contributed by atoms with Crippen LogP contribution in [0.2, 0.25) is 10.0 Å². The number of rotatable bonds is 5. The minimum atomic E-state index is -0.348. The molecule has 1 amide bonds. The number of ether oxygens (including phenoxy) is 1. The topological polar surface area (TPSA) is 50.7 Å². The highest BCUT2D eigenvalue weighted by Crippen LogP contribution is 2.21. The number of aryl methyl sites for hydroxylation is 1. The SMILES string of the molecule is Cc1cc(Cl)ccc1OCC(=O)N/N=C/c1ccc(Cl)cc1. The van der Waals surface area contributed by atoms with Crippen molar-refractivity contribution in [3.05, 3.63) is 63.6 Å². The molecule has 0 saturated carbocycles. The van der Waals surface area contributed by atoms with E-state index in [1.807, 2.05) is 6.92 Å². The Labute approximate surface area is 138 Å². The van der Waals surface area contributed by atoms with E-state index in [2.05, 4.69) is 10.5 Å². The first-order valence-corrected chi connectivity index (χ1v) is 7.26. The monoisotopic (exact) mass is 336 g/mol. The second-order valence-corrected chi connectivity index (χ2v) is 5.42. The number of nitrogens with one attached hydrogen (secondary N) is 1. The van der Waals surface area contributed by atoms with Crippen LogP contribution in [0.5, 0.6) is 5.75 Å². The number of halogens is 2. The lowest BCUT2D eigenvalue weighted by Crippen LogP contribution is -2.24. The first-order valence-electron chi connectivity index (χ1n) is 6.51. The lowest BCUT2D eigenvalue weighted by Gasteiger charge is -2.08. The zero-order valence-corrected chi connectivity index (χ0v) is 13.4. The maximum Gasteiger partial charge on any atom is 0.277 e. The third-order valence-electron chi connectivity index (χ3n) is 2.77. The maximum absolute atomic E-state index is 11.6. The largest absolute Gasteiger partial charge is 0.483 e.